The highest BCUT2D eigenvalue weighted by Crippen LogP contribution is 2.10. The maximum atomic E-state index is 5.58. The van der Waals surface area contributed by atoms with E-state index >= 15 is 0 Å². The number of hydrogen-bond donors (Lipinski definition) is 1. The molecule has 19 heavy (non-hydrogen) atoms. The van der Waals surface area contributed by atoms with Crippen LogP contribution in [-0.4, -0.2) is 35.1 Å². The molecule has 0 amide bonds. The number of pyridine rings is 1. The van der Waals surface area contributed by atoms with Crippen molar-refractivity contribution in [1.82, 2.24) is 9.88 Å². The molecule has 0 atom stereocenters. The minimum absolute atomic E-state index is 0.562. The molecule has 1 heterocycles. The van der Waals surface area contributed by atoms with Crippen molar-refractivity contribution < 1.29 is 4.74 Å². The van der Waals surface area contributed by atoms with Gasteiger partial charge in [0, 0.05) is 32.1 Å². The molecule has 0 aromatic carbocycles. The summed E-state index contributed by atoms with van der Waals surface area (Å²) >= 11 is 4.95. The lowest BCUT2D eigenvalue weighted by Gasteiger charge is -2.23. The second-order valence-electron chi connectivity index (χ2n) is 5.02. The summed E-state index contributed by atoms with van der Waals surface area (Å²) in [5, 5.41) is 0. The van der Waals surface area contributed by atoms with Gasteiger partial charge in [-0.25, -0.2) is 4.98 Å². The fraction of sp³-hybridized carbons (Fsp3) is 0.571. The van der Waals surface area contributed by atoms with Gasteiger partial charge in [-0.3, -0.25) is 4.90 Å². The van der Waals surface area contributed by atoms with E-state index in [0.717, 1.165) is 31.7 Å². The van der Waals surface area contributed by atoms with E-state index < -0.39 is 0 Å². The molecule has 0 unspecified atom stereocenters. The van der Waals surface area contributed by atoms with E-state index in [-0.39, 0.29) is 0 Å². The van der Waals surface area contributed by atoms with E-state index in [2.05, 4.69) is 23.7 Å². The van der Waals surface area contributed by atoms with E-state index in [1.807, 2.05) is 18.2 Å². The first-order valence-electron chi connectivity index (χ1n) is 6.52. The van der Waals surface area contributed by atoms with Crippen molar-refractivity contribution in [2.24, 2.45) is 11.7 Å². The van der Waals surface area contributed by atoms with E-state index in [0.29, 0.717) is 16.8 Å². The van der Waals surface area contributed by atoms with Gasteiger partial charge in [-0.1, -0.05) is 32.1 Å². The number of aromatic nitrogens is 1. The first-order valence-corrected chi connectivity index (χ1v) is 6.92. The molecule has 0 radical (unpaired) electrons. The second-order valence-corrected chi connectivity index (χ2v) is 5.54. The molecule has 0 fully saturated rings. The maximum Gasteiger partial charge on any atom is 0.213 e. The van der Waals surface area contributed by atoms with E-state index in [9.17, 15) is 0 Å². The smallest absolute Gasteiger partial charge is 0.213 e. The van der Waals surface area contributed by atoms with Crippen LogP contribution in [0.25, 0.3) is 0 Å². The molecule has 1 aromatic heterocycles. The Balaban J connectivity index is 2.66. The van der Waals surface area contributed by atoms with Gasteiger partial charge in [-0.05, 0) is 12.0 Å². The third-order valence-corrected chi connectivity index (χ3v) is 2.88. The van der Waals surface area contributed by atoms with Gasteiger partial charge in [-0.15, -0.1) is 0 Å². The quantitative estimate of drug-likeness (QED) is 0.741. The summed E-state index contributed by atoms with van der Waals surface area (Å²) in [6.07, 6.45) is 0.742. The Hall–Kier alpha value is -1.20. The van der Waals surface area contributed by atoms with Gasteiger partial charge in [-0.2, -0.15) is 0 Å². The molecule has 0 saturated heterocycles. The van der Waals surface area contributed by atoms with Crippen LogP contribution in [0.15, 0.2) is 18.2 Å². The van der Waals surface area contributed by atoms with Crippen LogP contribution in [0.3, 0.4) is 0 Å². The fourth-order valence-electron chi connectivity index (χ4n) is 1.91. The zero-order valence-corrected chi connectivity index (χ0v) is 12.7. The van der Waals surface area contributed by atoms with E-state index in [1.165, 1.54) is 0 Å². The summed E-state index contributed by atoms with van der Waals surface area (Å²) in [5.74, 6) is 1.24. The average molecular weight is 281 g/mol. The molecule has 0 aliphatic carbocycles. The van der Waals surface area contributed by atoms with Crippen LogP contribution in [0.4, 0.5) is 0 Å². The highest BCUT2D eigenvalue weighted by atomic mass is 32.1. The Morgan fingerprint density at radius 1 is 1.47 bits per heavy atom. The molecule has 0 aliphatic rings. The predicted molar refractivity (Wildman–Crippen MR) is 82.3 cm³/mol. The van der Waals surface area contributed by atoms with Crippen molar-refractivity contribution >= 4 is 17.2 Å². The highest BCUT2D eigenvalue weighted by Gasteiger charge is 2.10. The lowest BCUT2D eigenvalue weighted by Crippen LogP contribution is -2.31. The van der Waals surface area contributed by atoms with Crippen molar-refractivity contribution in [3.8, 4) is 5.88 Å². The third-order valence-electron chi connectivity index (χ3n) is 2.67. The van der Waals surface area contributed by atoms with Crippen LogP contribution in [0.1, 0.15) is 26.0 Å². The monoisotopic (exact) mass is 281 g/mol. The molecule has 0 saturated carbocycles. The van der Waals surface area contributed by atoms with Gasteiger partial charge in [0.25, 0.3) is 0 Å². The van der Waals surface area contributed by atoms with E-state index in [1.54, 1.807) is 7.11 Å². The zero-order chi connectivity index (χ0) is 14.3. The number of nitrogens with two attached hydrogens (primary N) is 1. The number of ether oxygens (including phenoxy) is 1. The molecule has 2 N–H and O–H groups in total. The Labute approximate surface area is 121 Å². The molecular formula is C14H23N3OS. The number of hydrogen-bond acceptors (Lipinski definition) is 4. The Morgan fingerprint density at radius 3 is 2.79 bits per heavy atom. The number of methoxy groups -OCH3 is 1. The normalized spacial score (nSPS) is 11.0. The molecule has 106 valence electrons. The highest BCUT2D eigenvalue weighted by molar-refractivity contribution is 7.80. The predicted octanol–water partition coefficient (Wildman–Crippen LogP) is 2.22. The van der Waals surface area contributed by atoms with Gasteiger partial charge >= 0.3 is 0 Å². The van der Waals surface area contributed by atoms with Gasteiger partial charge in [0.05, 0.1) is 17.8 Å². The molecular weight excluding hydrogens is 258 g/mol. The second kappa shape index (κ2) is 8.07. The fourth-order valence-corrected chi connectivity index (χ4v) is 2.00. The topological polar surface area (TPSA) is 51.4 Å². The van der Waals surface area contributed by atoms with Crippen LogP contribution < -0.4 is 10.5 Å². The van der Waals surface area contributed by atoms with Crippen LogP contribution in [-0.2, 0) is 6.54 Å². The zero-order valence-electron chi connectivity index (χ0n) is 11.9. The summed E-state index contributed by atoms with van der Waals surface area (Å²) < 4.78 is 5.15. The van der Waals surface area contributed by atoms with Gasteiger partial charge in [0.15, 0.2) is 0 Å². The van der Waals surface area contributed by atoms with Crippen molar-refractivity contribution in [2.75, 3.05) is 20.2 Å². The van der Waals surface area contributed by atoms with Crippen LogP contribution in [0.5, 0.6) is 5.88 Å². The first kappa shape index (κ1) is 15.9. The third kappa shape index (κ3) is 6.50. The number of rotatable bonds is 8. The SMILES string of the molecule is COc1cccc(CN(CCC(N)=S)CC(C)C)n1. The molecule has 4 nitrogen and oxygen atoms in total. The molecule has 5 heteroatoms. The molecule has 1 aromatic rings. The van der Waals surface area contributed by atoms with Gasteiger partial charge in [0.1, 0.15) is 0 Å². The van der Waals surface area contributed by atoms with Crippen molar-refractivity contribution in [1.29, 1.82) is 0 Å². The lowest BCUT2D eigenvalue weighted by molar-refractivity contribution is 0.239. The summed E-state index contributed by atoms with van der Waals surface area (Å²) in [4.78, 5) is 7.32. The number of nitrogens with zero attached hydrogens (tertiary/aromatic N) is 2. The van der Waals surface area contributed by atoms with Gasteiger partial charge < -0.3 is 10.5 Å². The molecule has 1 rings (SSSR count). The van der Waals surface area contributed by atoms with Crippen molar-refractivity contribution in [3.63, 3.8) is 0 Å². The largest absolute Gasteiger partial charge is 0.481 e. The maximum absolute atomic E-state index is 5.58. The Morgan fingerprint density at radius 2 is 2.21 bits per heavy atom. The lowest BCUT2D eigenvalue weighted by atomic mass is 10.2. The summed E-state index contributed by atoms with van der Waals surface area (Å²) in [6, 6.07) is 5.82. The molecule has 0 aliphatic heterocycles. The van der Waals surface area contributed by atoms with Crippen molar-refractivity contribution in [3.05, 3.63) is 23.9 Å². The van der Waals surface area contributed by atoms with Crippen LogP contribution in [0, 0.1) is 5.92 Å². The average Bonchev–Trinajstić information content (AvgIpc) is 2.35. The first-order chi connectivity index (χ1) is 9.01. The summed E-state index contributed by atoms with van der Waals surface area (Å²) in [6.45, 7) is 7.06. The Bertz CT molecular complexity index is 409. The standard InChI is InChI=1S/C14H23N3OS/c1-11(2)9-17(8-7-13(15)19)10-12-5-4-6-14(16-12)18-3/h4-6,11H,7-10H2,1-3H3,(H2,15,19). The number of thiocarbonyl (C=S) groups is 1. The van der Waals surface area contributed by atoms with E-state index in [4.69, 9.17) is 22.7 Å². The summed E-state index contributed by atoms with van der Waals surface area (Å²) in [7, 11) is 1.63. The van der Waals surface area contributed by atoms with Crippen LogP contribution >= 0.6 is 12.2 Å². The summed E-state index contributed by atoms with van der Waals surface area (Å²) in [5.41, 5.74) is 6.58. The molecule has 0 spiro atoms. The Kier molecular flexibility index (Phi) is 6.73. The minimum Gasteiger partial charge on any atom is -0.481 e. The minimum atomic E-state index is 0.562. The van der Waals surface area contributed by atoms with Crippen LogP contribution in [0.2, 0.25) is 0 Å². The molecule has 0 bridgehead atoms. The van der Waals surface area contributed by atoms with Crippen molar-refractivity contribution in [2.45, 2.75) is 26.8 Å². The van der Waals surface area contributed by atoms with Gasteiger partial charge in [0.2, 0.25) is 5.88 Å².